The van der Waals surface area contributed by atoms with Crippen molar-refractivity contribution in [2.45, 2.75) is 18.9 Å². The van der Waals surface area contributed by atoms with Gasteiger partial charge < -0.3 is 14.4 Å². The molecule has 0 aromatic carbocycles. The summed E-state index contributed by atoms with van der Waals surface area (Å²) in [5, 5.41) is 4.08. The first-order valence-corrected chi connectivity index (χ1v) is 9.32. The Hall–Kier alpha value is -0.950. The first-order chi connectivity index (χ1) is 11.3. The summed E-state index contributed by atoms with van der Waals surface area (Å²) in [5.74, 6) is 0.755. The predicted octanol–water partition coefficient (Wildman–Crippen LogP) is 1.49. The molecule has 128 valence electrons. The van der Waals surface area contributed by atoms with E-state index in [2.05, 4.69) is 10.3 Å². The molecule has 2 atom stereocenters. The molecule has 6 heteroatoms. The average Bonchev–Trinajstić information content (AvgIpc) is 2.97. The molecule has 2 aliphatic heterocycles. The number of ether oxygens (including phenoxy) is 2. The molecule has 2 aliphatic rings. The Bertz CT molecular complexity index is 494. The number of thiophene rings is 1. The Morgan fingerprint density at radius 3 is 3.13 bits per heavy atom. The van der Waals surface area contributed by atoms with E-state index in [0.29, 0.717) is 12.3 Å². The maximum absolute atomic E-state index is 12.5. The number of hydrogen-bond acceptors (Lipinski definition) is 5. The summed E-state index contributed by atoms with van der Waals surface area (Å²) in [6, 6.07) is 2.03. The van der Waals surface area contributed by atoms with Crippen LogP contribution >= 0.6 is 11.3 Å². The van der Waals surface area contributed by atoms with Gasteiger partial charge in [0, 0.05) is 45.8 Å². The van der Waals surface area contributed by atoms with Crippen LogP contribution in [0.3, 0.4) is 0 Å². The molecule has 2 saturated heterocycles. The lowest BCUT2D eigenvalue weighted by atomic mass is 9.93. The highest BCUT2D eigenvalue weighted by Crippen LogP contribution is 2.24. The third kappa shape index (κ3) is 4.53. The number of fused-ring (bicyclic) bond motifs is 1. The van der Waals surface area contributed by atoms with E-state index in [-0.39, 0.29) is 12.0 Å². The van der Waals surface area contributed by atoms with Crippen LogP contribution in [0.1, 0.15) is 12.0 Å². The summed E-state index contributed by atoms with van der Waals surface area (Å²) in [4.78, 5) is 16.9. The van der Waals surface area contributed by atoms with Crippen LogP contribution in [-0.2, 0) is 20.7 Å². The van der Waals surface area contributed by atoms with E-state index in [0.717, 1.165) is 57.9 Å². The summed E-state index contributed by atoms with van der Waals surface area (Å²) in [6.07, 6.45) is 1.73. The first-order valence-electron chi connectivity index (χ1n) is 8.38. The zero-order valence-corrected chi connectivity index (χ0v) is 14.6. The molecule has 2 fully saturated rings. The van der Waals surface area contributed by atoms with Crippen LogP contribution in [0.4, 0.5) is 0 Å². The number of nitrogens with zero attached hydrogens (tertiary/aromatic N) is 2. The van der Waals surface area contributed by atoms with Gasteiger partial charge in [-0.05, 0) is 28.8 Å². The number of methoxy groups -OCH3 is 1. The third-order valence-corrected chi connectivity index (χ3v) is 5.56. The van der Waals surface area contributed by atoms with Crippen LogP contribution in [0.15, 0.2) is 16.8 Å². The molecular weight excluding hydrogens is 312 g/mol. The lowest BCUT2D eigenvalue weighted by Gasteiger charge is -2.38. The van der Waals surface area contributed by atoms with Gasteiger partial charge in [0.05, 0.1) is 25.7 Å². The monoisotopic (exact) mass is 338 g/mol. The van der Waals surface area contributed by atoms with Crippen molar-refractivity contribution >= 4 is 17.2 Å². The van der Waals surface area contributed by atoms with Gasteiger partial charge in [-0.2, -0.15) is 11.3 Å². The van der Waals surface area contributed by atoms with E-state index in [1.807, 2.05) is 16.3 Å². The second kappa shape index (κ2) is 8.24. The highest BCUT2D eigenvalue weighted by molar-refractivity contribution is 7.07. The van der Waals surface area contributed by atoms with Gasteiger partial charge in [-0.3, -0.25) is 9.69 Å². The normalized spacial score (nSPS) is 25.9. The maximum Gasteiger partial charge on any atom is 0.227 e. The molecule has 3 rings (SSSR count). The van der Waals surface area contributed by atoms with E-state index in [4.69, 9.17) is 9.47 Å². The smallest absolute Gasteiger partial charge is 0.227 e. The molecule has 1 aromatic rings. The predicted molar refractivity (Wildman–Crippen MR) is 90.8 cm³/mol. The van der Waals surface area contributed by atoms with Gasteiger partial charge in [0.15, 0.2) is 0 Å². The quantitative estimate of drug-likeness (QED) is 0.816. The van der Waals surface area contributed by atoms with E-state index in [9.17, 15) is 4.79 Å². The zero-order valence-electron chi connectivity index (χ0n) is 13.8. The second-order valence-corrected chi connectivity index (χ2v) is 7.18. The average molecular weight is 338 g/mol. The van der Waals surface area contributed by atoms with E-state index in [1.54, 1.807) is 18.4 Å². The fourth-order valence-corrected chi connectivity index (χ4v) is 4.12. The minimum absolute atomic E-state index is 0.183. The van der Waals surface area contributed by atoms with Crippen LogP contribution < -0.4 is 0 Å². The highest BCUT2D eigenvalue weighted by Gasteiger charge is 2.34. The zero-order chi connectivity index (χ0) is 16.1. The minimum Gasteiger partial charge on any atom is -0.383 e. The summed E-state index contributed by atoms with van der Waals surface area (Å²) < 4.78 is 11.2. The molecule has 0 unspecified atom stereocenters. The molecule has 3 heterocycles. The van der Waals surface area contributed by atoms with E-state index in [1.165, 1.54) is 0 Å². The topological polar surface area (TPSA) is 42.0 Å². The Labute approximate surface area is 142 Å². The maximum atomic E-state index is 12.5. The van der Waals surface area contributed by atoms with Crippen LogP contribution in [0.25, 0.3) is 0 Å². The molecular formula is C17H26N2O3S. The summed E-state index contributed by atoms with van der Waals surface area (Å²) in [6.45, 7) is 6.08. The van der Waals surface area contributed by atoms with Crippen molar-refractivity contribution < 1.29 is 14.3 Å². The molecule has 0 bridgehead atoms. The molecule has 5 nitrogen and oxygen atoms in total. The van der Waals surface area contributed by atoms with Gasteiger partial charge in [0.2, 0.25) is 5.91 Å². The lowest BCUT2D eigenvalue weighted by Crippen LogP contribution is -2.49. The largest absolute Gasteiger partial charge is 0.383 e. The second-order valence-electron chi connectivity index (χ2n) is 6.40. The van der Waals surface area contributed by atoms with Crippen molar-refractivity contribution in [3.63, 3.8) is 0 Å². The Kier molecular flexibility index (Phi) is 6.05. The lowest BCUT2D eigenvalue weighted by molar-refractivity contribution is -0.136. The summed E-state index contributed by atoms with van der Waals surface area (Å²) in [5.41, 5.74) is 1.12. The van der Waals surface area contributed by atoms with E-state index >= 15 is 0 Å². The fourth-order valence-electron chi connectivity index (χ4n) is 3.45. The summed E-state index contributed by atoms with van der Waals surface area (Å²) in [7, 11) is 1.74. The molecule has 0 saturated carbocycles. The number of rotatable bonds is 5. The standard InChI is InChI=1S/C17H26N2O3S/c1-21-7-5-18-6-8-22-16-12-19(4-2-15(16)11-18)17(20)10-14-3-9-23-13-14/h3,9,13,15-16H,2,4-8,10-12H2,1H3/t15-,16-/m1/s1. The molecule has 1 aromatic heterocycles. The van der Waals surface area contributed by atoms with Gasteiger partial charge in [0.1, 0.15) is 0 Å². The number of carbonyl (C=O) groups is 1. The number of carbonyl (C=O) groups excluding carboxylic acids is 1. The van der Waals surface area contributed by atoms with Crippen LogP contribution in [0, 0.1) is 5.92 Å². The first kappa shape index (κ1) is 16.9. The van der Waals surface area contributed by atoms with Crippen molar-refractivity contribution in [3.8, 4) is 0 Å². The number of amides is 1. The van der Waals surface area contributed by atoms with Gasteiger partial charge in [-0.25, -0.2) is 0 Å². The van der Waals surface area contributed by atoms with E-state index < -0.39 is 0 Å². The minimum atomic E-state index is 0.183. The third-order valence-electron chi connectivity index (χ3n) is 4.83. The Morgan fingerprint density at radius 1 is 1.43 bits per heavy atom. The van der Waals surface area contributed by atoms with Crippen molar-refractivity contribution in [3.05, 3.63) is 22.4 Å². The van der Waals surface area contributed by atoms with Crippen molar-refractivity contribution in [2.24, 2.45) is 5.92 Å². The fraction of sp³-hybridized carbons (Fsp3) is 0.706. The molecule has 0 spiro atoms. The van der Waals surface area contributed by atoms with Gasteiger partial charge in [0.25, 0.3) is 0 Å². The van der Waals surface area contributed by atoms with Crippen LogP contribution in [0.2, 0.25) is 0 Å². The number of likely N-dealkylation sites (tertiary alicyclic amines) is 1. The SMILES string of the molecule is COCCN1CCO[C@@H]2CN(C(=O)Cc3ccsc3)CC[C@@H]2C1. The van der Waals surface area contributed by atoms with Crippen LogP contribution in [-0.4, -0.2) is 74.9 Å². The van der Waals surface area contributed by atoms with Crippen molar-refractivity contribution in [1.82, 2.24) is 9.80 Å². The molecule has 0 aliphatic carbocycles. The van der Waals surface area contributed by atoms with Gasteiger partial charge in [-0.1, -0.05) is 0 Å². The molecule has 0 radical (unpaired) electrons. The van der Waals surface area contributed by atoms with Crippen LogP contribution in [0.5, 0.6) is 0 Å². The van der Waals surface area contributed by atoms with Gasteiger partial charge in [-0.15, -0.1) is 0 Å². The van der Waals surface area contributed by atoms with Crippen molar-refractivity contribution in [2.75, 3.05) is 53.0 Å². The highest BCUT2D eigenvalue weighted by atomic mass is 32.1. The Balaban J connectivity index is 1.53. The molecule has 0 N–H and O–H groups in total. The number of piperidine rings is 1. The molecule has 23 heavy (non-hydrogen) atoms. The number of hydrogen-bond donors (Lipinski definition) is 0. The Morgan fingerprint density at radius 2 is 2.35 bits per heavy atom. The van der Waals surface area contributed by atoms with Crippen molar-refractivity contribution in [1.29, 1.82) is 0 Å². The molecule has 1 amide bonds. The summed E-state index contributed by atoms with van der Waals surface area (Å²) >= 11 is 1.64. The van der Waals surface area contributed by atoms with Gasteiger partial charge >= 0.3 is 0 Å².